The lowest BCUT2D eigenvalue weighted by molar-refractivity contribution is -0.164. The number of benzene rings is 1. The molecule has 2 heterocycles. The van der Waals surface area contributed by atoms with Crippen molar-refractivity contribution in [2.24, 2.45) is 0 Å². The van der Waals surface area contributed by atoms with Crippen molar-refractivity contribution >= 4 is 0 Å². The molecule has 0 radical (unpaired) electrons. The Hall–Kier alpha value is -1.58. The van der Waals surface area contributed by atoms with E-state index in [0.717, 1.165) is 45.4 Å². The molecular formula is C19H23NO2. The second kappa shape index (κ2) is 5.56. The third-order valence-electron chi connectivity index (χ3n) is 4.97. The normalized spacial score (nSPS) is 19.5. The summed E-state index contributed by atoms with van der Waals surface area (Å²) in [6.07, 6.45) is 6.34. The molecule has 3 heteroatoms. The minimum Gasteiger partial charge on any atom is -0.347 e. The standard InChI is InChI=1S/C19H23NO2/c1-2-16-14-20(13-15-6-4-3-5-7-15)18-8-9-19(12-17(16)18)21-10-11-22-19/h3-7,14H,2,8-13H2,1H3. The quantitative estimate of drug-likeness (QED) is 0.867. The van der Waals surface area contributed by atoms with Gasteiger partial charge in [-0.15, -0.1) is 0 Å². The molecule has 1 fully saturated rings. The van der Waals surface area contributed by atoms with E-state index in [4.69, 9.17) is 9.47 Å². The molecule has 1 aromatic heterocycles. The van der Waals surface area contributed by atoms with Crippen LogP contribution in [0.4, 0.5) is 0 Å². The van der Waals surface area contributed by atoms with Crippen molar-refractivity contribution in [3.8, 4) is 0 Å². The number of nitrogens with zero attached hydrogens (tertiary/aromatic N) is 1. The summed E-state index contributed by atoms with van der Waals surface area (Å²) in [7, 11) is 0. The van der Waals surface area contributed by atoms with Crippen LogP contribution in [0.3, 0.4) is 0 Å². The van der Waals surface area contributed by atoms with Crippen molar-refractivity contribution < 1.29 is 9.47 Å². The lowest BCUT2D eigenvalue weighted by Gasteiger charge is -2.32. The summed E-state index contributed by atoms with van der Waals surface area (Å²) in [4.78, 5) is 0. The van der Waals surface area contributed by atoms with E-state index in [0.29, 0.717) is 0 Å². The highest BCUT2D eigenvalue weighted by Gasteiger charge is 2.41. The second-order valence-electron chi connectivity index (χ2n) is 6.33. The molecule has 0 bridgehead atoms. The van der Waals surface area contributed by atoms with Gasteiger partial charge in [-0.1, -0.05) is 37.3 Å². The summed E-state index contributed by atoms with van der Waals surface area (Å²) in [5, 5.41) is 0. The van der Waals surface area contributed by atoms with Crippen LogP contribution >= 0.6 is 0 Å². The van der Waals surface area contributed by atoms with E-state index in [-0.39, 0.29) is 5.79 Å². The number of aryl methyl sites for hydroxylation is 1. The number of rotatable bonds is 3. The first-order chi connectivity index (χ1) is 10.8. The molecule has 4 rings (SSSR count). The van der Waals surface area contributed by atoms with E-state index >= 15 is 0 Å². The molecule has 1 saturated heterocycles. The lowest BCUT2D eigenvalue weighted by Crippen LogP contribution is -2.37. The van der Waals surface area contributed by atoms with Gasteiger partial charge in [0.1, 0.15) is 0 Å². The van der Waals surface area contributed by atoms with Gasteiger partial charge in [-0.05, 0) is 29.5 Å². The first-order valence-corrected chi connectivity index (χ1v) is 8.31. The molecule has 1 aliphatic heterocycles. The Bertz CT molecular complexity index is 654. The Labute approximate surface area is 131 Å². The third-order valence-corrected chi connectivity index (χ3v) is 4.97. The number of ether oxygens (including phenoxy) is 2. The van der Waals surface area contributed by atoms with Crippen LogP contribution in [0.2, 0.25) is 0 Å². The molecule has 2 aliphatic rings. The Balaban J connectivity index is 1.66. The third kappa shape index (κ3) is 2.38. The fraction of sp³-hybridized carbons (Fsp3) is 0.474. The van der Waals surface area contributed by atoms with Crippen LogP contribution in [0.5, 0.6) is 0 Å². The summed E-state index contributed by atoms with van der Waals surface area (Å²) in [6.45, 7) is 4.67. The topological polar surface area (TPSA) is 23.4 Å². The molecular weight excluding hydrogens is 274 g/mol. The van der Waals surface area contributed by atoms with Crippen molar-refractivity contribution in [1.82, 2.24) is 4.57 Å². The van der Waals surface area contributed by atoms with Gasteiger partial charge in [0.2, 0.25) is 0 Å². The van der Waals surface area contributed by atoms with Crippen molar-refractivity contribution in [3.05, 3.63) is 58.9 Å². The van der Waals surface area contributed by atoms with E-state index in [1.807, 2.05) is 0 Å². The lowest BCUT2D eigenvalue weighted by atomic mass is 9.89. The summed E-state index contributed by atoms with van der Waals surface area (Å²) in [6, 6.07) is 10.7. The minimum absolute atomic E-state index is 0.337. The van der Waals surface area contributed by atoms with E-state index in [2.05, 4.69) is 48.0 Å². The highest BCUT2D eigenvalue weighted by Crippen LogP contribution is 2.38. The Morgan fingerprint density at radius 3 is 2.64 bits per heavy atom. The average Bonchev–Trinajstić information content (AvgIpc) is 3.14. The van der Waals surface area contributed by atoms with Crippen molar-refractivity contribution in [1.29, 1.82) is 0 Å². The summed E-state index contributed by atoms with van der Waals surface area (Å²) >= 11 is 0. The van der Waals surface area contributed by atoms with Crippen LogP contribution in [0.15, 0.2) is 36.5 Å². The molecule has 0 atom stereocenters. The highest BCUT2D eigenvalue weighted by atomic mass is 16.7. The molecule has 2 aromatic rings. The minimum atomic E-state index is -0.337. The number of fused-ring (bicyclic) bond motifs is 1. The van der Waals surface area contributed by atoms with Gasteiger partial charge in [0.15, 0.2) is 5.79 Å². The molecule has 0 N–H and O–H groups in total. The van der Waals surface area contributed by atoms with Gasteiger partial charge in [-0.2, -0.15) is 0 Å². The zero-order chi connectivity index (χ0) is 15.0. The maximum atomic E-state index is 5.93. The number of hydrogen-bond acceptors (Lipinski definition) is 2. The Morgan fingerprint density at radius 1 is 1.14 bits per heavy atom. The van der Waals surface area contributed by atoms with Gasteiger partial charge >= 0.3 is 0 Å². The van der Waals surface area contributed by atoms with Crippen molar-refractivity contribution in [2.75, 3.05) is 13.2 Å². The summed E-state index contributed by atoms with van der Waals surface area (Å²) in [5.74, 6) is -0.337. The van der Waals surface area contributed by atoms with Crippen LogP contribution in [0, 0.1) is 0 Å². The molecule has 1 aromatic carbocycles. The van der Waals surface area contributed by atoms with Crippen LogP contribution in [-0.2, 0) is 35.3 Å². The maximum Gasteiger partial charge on any atom is 0.172 e. The Morgan fingerprint density at radius 2 is 1.91 bits per heavy atom. The van der Waals surface area contributed by atoms with Crippen LogP contribution in [0.1, 0.15) is 35.7 Å². The van der Waals surface area contributed by atoms with Gasteiger partial charge in [-0.25, -0.2) is 0 Å². The van der Waals surface area contributed by atoms with Gasteiger partial charge in [0.25, 0.3) is 0 Å². The molecule has 0 saturated carbocycles. The SMILES string of the molecule is CCc1cn(Cc2ccccc2)c2c1CC1(CC2)OCCO1. The molecule has 1 spiro atoms. The molecule has 1 aliphatic carbocycles. The van der Waals surface area contributed by atoms with E-state index in [9.17, 15) is 0 Å². The second-order valence-corrected chi connectivity index (χ2v) is 6.33. The summed E-state index contributed by atoms with van der Waals surface area (Å²) < 4.78 is 14.3. The summed E-state index contributed by atoms with van der Waals surface area (Å²) in [5.41, 5.74) is 5.75. The first kappa shape index (κ1) is 14.0. The van der Waals surface area contributed by atoms with Gasteiger partial charge in [0, 0.05) is 31.3 Å². The van der Waals surface area contributed by atoms with Crippen LogP contribution in [-0.4, -0.2) is 23.6 Å². The van der Waals surface area contributed by atoms with Crippen LogP contribution in [0.25, 0.3) is 0 Å². The first-order valence-electron chi connectivity index (χ1n) is 8.31. The van der Waals surface area contributed by atoms with Crippen LogP contribution < -0.4 is 0 Å². The van der Waals surface area contributed by atoms with E-state index in [1.54, 1.807) is 0 Å². The fourth-order valence-electron chi connectivity index (χ4n) is 3.85. The molecule has 22 heavy (non-hydrogen) atoms. The molecule has 0 unspecified atom stereocenters. The van der Waals surface area contributed by atoms with Gasteiger partial charge < -0.3 is 14.0 Å². The largest absolute Gasteiger partial charge is 0.347 e. The van der Waals surface area contributed by atoms with Crippen molar-refractivity contribution in [3.63, 3.8) is 0 Å². The molecule has 3 nitrogen and oxygen atoms in total. The number of aromatic nitrogens is 1. The highest BCUT2D eigenvalue weighted by molar-refractivity contribution is 5.37. The smallest absolute Gasteiger partial charge is 0.172 e. The van der Waals surface area contributed by atoms with Gasteiger partial charge in [0.05, 0.1) is 13.2 Å². The average molecular weight is 297 g/mol. The predicted molar refractivity (Wildman–Crippen MR) is 86.0 cm³/mol. The fourth-order valence-corrected chi connectivity index (χ4v) is 3.85. The van der Waals surface area contributed by atoms with E-state index < -0.39 is 0 Å². The predicted octanol–water partition coefficient (Wildman–Crippen LogP) is 3.33. The monoisotopic (exact) mass is 297 g/mol. The molecule has 0 amide bonds. The Kier molecular flexibility index (Phi) is 3.55. The zero-order valence-electron chi connectivity index (χ0n) is 13.2. The van der Waals surface area contributed by atoms with E-state index in [1.165, 1.54) is 22.4 Å². The maximum absolute atomic E-state index is 5.93. The zero-order valence-corrected chi connectivity index (χ0v) is 13.2. The molecule has 116 valence electrons. The number of hydrogen-bond donors (Lipinski definition) is 0. The van der Waals surface area contributed by atoms with Crippen molar-refractivity contribution in [2.45, 2.75) is 44.9 Å². The van der Waals surface area contributed by atoms with Gasteiger partial charge in [-0.3, -0.25) is 0 Å².